The highest BCUT2D eigenvalue weighted by Crippen LogP contribution is 2.23. The van der Waals surface area contributed by atoms with Gasteiger partial charge >= 0.3 is 0 Å². The van der Waals surface area contributed by atoms with Gasteiger partial charge in [-0.1, -0.05) is 6.08 Å². The van der Waals surface area contributed by atoms with E-state index in [1.165, 1.54) is 6.08 Å². The number of allylic oxidation sites excluding steroid dienone is 1. The Balaban J connectivity index is 2.18. The molecule has 1 heterocycles. The summed E-state index contributed by atoms with van der Waals surface area (Å²) in [5.41, 5.74) is 1.75. The van der Waals surface area contributed by atoms with Crippen molar-refractivity contribution in [3.8, 4) is 5.75 Å². The Bertz CT molecular complexity index is 494. The highest BCUT2D eigenvalue weighted by Gasteiger charge is 2.23. The van der Waals surface area contributed by atoms with Crippen molar-refractivity contribution in [2.75, 3.05) is 20.2 Å². The summed E-state index contributed by atoms with van der Waals surface area (Å²) in [7, 11) is 1.61. The zero-order valence-corrected chi connectivity index (χ0v) is 10.3. The lowest BCUT2D eigenvalue weighted by Crippen LogP contribution is -2.37. The number of carbonyl (C=O) groups is 2. The Hall–Kier alpha value is -2.10. The molecule has 4 nitrogen and oxygen atoms in total. The number of hydrogen-bond acceptors (Lipinski definition) is 3. The zero-order valence-electron chi connectivity index (χ0n) is 10.3. The Labute approximate surface area is 106 Å². The van der Waals surface area contributed by atoms with Crippen molar-refractivity contribution in [2.24, 2.45) is 0 Å². The van der Waals surface area contributed by atoms with Crippen LogP contribution in [0.2, 0.25) is 0 Å². The standard InChI is InChI=1S/C14H15NO3/c1-18-12-4-5-13-11(10-12)6-8-15(14(13)17)7-2-3-9-16/h2-5,9-10H,6-8H2,1H3/b3-2+. The van der Waals surface area contributed by atoms with Crippen molar-refractivity contribution in [1.29, 1.82) is 0 Å². The summed E-state index contributed by atoms with van der Waals surface area (Å²) in [5, 5.41) is 0. The summed E-state index contributed by atoms with van der Waals surface area (Å²) in [6.07, 6.45) is 4.64. The molecule has 94 valence electrons. The number of hydrogen-bond donors (Lipinski definition) is 0. The van der Waals surface area contributed by atoms with E-state index in [0.717, 1.165) is 23.3 Å². The molecule has 0 saturated carbocycles. The number of methoxy groups -OCH3 is 1. The average molecular weight is 245 g/mol. The highest BCUT2D eigenvalue weighted by molar-refractivity contribution is 5.97. The maximum atomic E-state index is 12.2. The first-order valence-corrected chi connectivity index (χ1v) is 5.82. The molecule has 0 radical (unpaired) electrons. The third-order valence-electron chi connectivity index (χ3n) is 3.02. The maximum absolute atomic E-state index is 12.2. The minimum Gasteiger partial charge on any atom is -0.497 e. The second-order valence-electron chi connectivity index (χ2n) is 4.09. The van der Waals surface area contributed by atoms with E-state index < -0.39 is 0 Å². The lowest BCUT2D eigenvalue weighted by Gasteiger charge is -2.27. The molecule has 0 N–H and O–H groups in total. The van der Waals surface area contributed by atoms with Crippen LogP contribution in [0.25, 0.3) is 0 Å². The second-order valence-corrected chi connectivity index (χ2v) is 4.09. The summed E-state index contributed by atoms with van der Waals surface area (Å²) >= 11 is 0. The molecule has 1 aromatic carbocycles. The van der Waals surface area contributed by atoms with E-state index >= 15 is 0 Å². The highest BCUT2D eigenvalue weighted by atomic mass is 16.5. The SMILES string of the molecule is COc1ccc2c(c1)CCN(C/C=C/C=O)C2=O. The summed E-state index contributed by atoms with van der Waals surface area (Å²) in [6, 6.07) is 5.50. The molecule has 1 aliphatic heterocycles. The molecule has 0 atom stereocenters. The van der Waals surface area contributed by atoms with Gasteiger partial charge in [-0.3, -0.25) is 9.59 Å². The second kappa shape index (κ2) is 5.49. The molecule has 4 heteroatoms. The molecular formula is C14H15NO3. The molecule has 1 aliphatic rings. The van der Waals surface area contributed by atoms with Crippen molar-refractivity contribution in [2.45, 2.75) is 6.42 Å². The third kappa shape index (κ3) is 2.42. The van der Waals surface area contributed by atoms with E-state index in [1.54, 1.807) is 30.2 Å². The number of carbonyl (C=O) groups excluding carboxylic acids is 2. The summed E-state index contributed by atoms with van der Waals surface area (Å²) < 4.78 is 5.15. The predicted molar refractivity (Wildman–Crippen MR) is 67.8 cm³/mol. The predicted octanol–water partition coefficient (Wildman–Crippen LogP) is 1.45. The van der Waals surface area contributed by atoms with E-state index in [1.807, 2.05) is 6.07 Å². The van der Waals surface area contributed by atoms with Gasteiger partial charge in [0.05, 0.1) is 7.11 Å². The van der Waals surface area contributed by atoms with E-state index in [-0.39, 0.29) is 5.91 Å². The van der Waals surface area contributed by atoms with Crippen LogP contribution in [0.3, 0.4) is 0 Å². The van der Waals surface area contributed by atoms with Crippen LogP contribution >= 0.6 is 0 Å². The summed E-state index contributed by atoms with van der Waals surface area (Å²) in [6.45, 7) is 1.14. The van der Waals surface area contributed by atoms with Crippen molar-refractivity contribution in [3.05, 3.63) is 41.5 Å². The number of aldehydes is 1. The molecule has 0 aromatic heterocycles. The van der Waals surface area contributed by atoms with Crippen LogP contribution in [0.4, 0.5) is 0 Å². The van der Waals surface area contributed by atoms with Crippen molar-refractivity contribution in [1.82, 2.24) is 4.90 Å². The minimum absolute atomic E-state index is 0.00875. The first-order chi connectivity index (χ1) is 8.76. The Morgan fingerprint density at radius 2 is 2.28 bits per heavy atom. The van der Waals surface area contributed by atoms with Crippen LogP contribution in [0.15, 0.2) is 30.4 Å². The Morgan fingerprint density at radius 1 is 1.44 bits per heavy atom. The smallest absolute Gasteiger partial charge is 0.254 e. The maximum Gasteiger partial charge on any atom is 0.254 e. The Kier molecular flexibility index (Phi) is 3.77. The topological polar surface area (TPSA) is 46.6 Å². The van der Waals surface area contributed by atoms with Gasteiger partial charge in [0.1, 0.15) is 12.0 Å². The van der Waals surface area contributed by atoms with Gasteiger partial charge in [0, 0.05) is 18.7 Å². The van der Waals surface area contributed by atoms with Gasteiger partial charge in [-0.2, -0.15) is 0 Å². The van der Waals surface area contributed by atoms with Crippen molar-refractivity contribution in [3.63, 3.8) is 0 Å². The largest absolute Gasteiger partial charge is 0.497 e. The van der Waals surface area contributed by atoms with Crippen LogP contribution in [-0.4, -0.2) is 37.3 Å². The quantitative estimate of drug-likeness (QED) is 0.596. The minimum atomic E-state index is 0.00875. The van der Waals surface area contributed by atoms with E-state index in [2.05, 4.69) is 0 Å². The van der Waals surface area contributed by atoms with Crippen LogP contribution in [0, 0.1) is 0 Å². The average Bonchev–Trinajstić information content (AvgIpc) is 2.41. The number of rotatable bonds is 4. The lowest BCUT2D eigenvalue weighted by atomic mass is 9.98. The summed E-state index contributed by atoms with van der Waals surface area (Å²) in [5.74, 6) is 0.783. The molecule has 1 aromatic rings. The molecule has 0 bridgehead atoms. The molecule has 2 rings (SSSR count). The molecular weight excluding hydrogens is 230 g/mol. The van der Waals surface area contributed by atoms with Gasteiger partial charge in [0.25, 0.3) is 5.91 Å². The molecule has 0 unspecified atom stereocenters. The van der Waals surface area contributed by atoms with Gasteiger partial charge in [-0.05, 0) is 36.3 Å². The van der Waals surface area contributed by atoms with Crippen LogP contribution in [-0.2, 0) is 11.2 Å². The first-order valence-electron chi connectivity index (χ1n) is 5.82. The van der Waals surface area contributed by atoms with Gasteiger partial charge in [0.15, 0.2) is 0 Å². The summed E-state index contributed by atoms with van der Waals surface area (Å²) in [4.78, 5) is 24.1. The normalized spacial score (nSPS) is 14.7. The molecule has 0 saturated heterocycles. The van der Waals surface area contributed by atoms with Gasteiger partial charge in [-0.25, -0.2) is 0 Å². The van der Waals surface area contributed by atoms with E-state index in [9.17, 15) is 9.59 Å². The van der Waals surface area contributed by atoms with Crippen molar-refractivity contribution >= 4 is 12.2 Å². The monoisotopic (exact) mass is 245 g/mol. The molecule has 0 spiro atoms. The number of fused-ring (bicyclic) bond motifs is 1. The van der Waals surface area contributed by atoms with Crippen LogP contribution in [0.1, 0.15) is 15.9 Å². The number of ether oxygens (including phenoxy) is 1. The molecule has 0 aliphatic carbocycles. The fourth-order valence-corrected chi connectivity index (χ4v) is 2.06. The van der Waals surface area contributed by atoms with E-state index in [0.29, 0.717) is 19.4 Å². The van der Waals surface area contributed by atoms with Gasteiger partial charge in [0.2, 0.25) is 0 Å². The fraction of sp³-hybridized carbons (Fsp3) is 0.286. The molecule has 1 amide bonds. The zero-order chi connectivity index (χ0) is 13.0. The van der Waals surface area contributed by atoms with Crippen molar-refractivity contribution < 1.29 is 14.3 Å². The Morgan fingerprint density at radius 3 is 3.00 bits per heavy atom. The van der Waals surface area contributed by atoms with Gasteiger partial charge in [-0.15, -0.1) is 0 Å². The number of benzene rings is 1. The third-order valence-corrected chi connectivity index (χ3v) is 3.02. The van der Waals surface area contributed by atoms with Crippen LogP contribution < -0.4 is 4.74 Å². The molecule has 0 fully saturated rings. The lowest BCUT2D eigenvalue weighted by molar-refractivity contribution is -0.104. The fourth-order valence-electron chi connectivity index (χ4n) is 2.06. The number of amides is 1. The number of nitrogens with zero attached hydrogens (tertiary/aromatic N) is 1. The van der Waals surface area contributed by atoms with E-state index in [4.69, 9.17) is 4.74 Å². The first kappa shape index (κ1) is 12.4. The van der Waals surface area contributed by atoms with Gasteiger partial charge < -0.3 is 9.64 Å². The molecule has 18 heavy (non-hydrogen) atoms. The van der Waals surface area contributed by atoms with Crippen LogP contribution in [0.5, 0.6) is 5.75 Å².